The number of carbonyl (C=O) groups excluding carboxylic acids is 2. The van der Waals surface area contributed by atoms with Crippen LogP contribution in [0.25, 0.3) is 0 Å². The number of benzene rings is 1. The van der Waals surface area contributed by atoms with Gasteiger partial charge in [-0.05, 0) is 46.6 Å². The SMILES string of the molecule is COc1nc(NC(=O)NC(=O)COc2ccccc2C)ccc1Br. The molecule has 0 unspecified atom stereocenters. The number of pyridine rings is 1. The van der Waals surface area contributed by atoms with Gasteiger partial charge in [0, 0.05) is 0 Å². The molecule has 0 saturated carbocycles. The summed E-state index contributed by atoms with van der Waals surface area (Å²) in [6.45, 7) is 1.60. The Morgan fingerprint density at radius 3 is 2.67 bits per heavy atom. The van der Waals surface area contributed by atoms with Crippen molar-refractivity contribution in [3.63, 3.8) is 0 Å². The van der Waals surface area contributed by atoms with Gasteiger partial charge >= 0.3 is 6.03 Å². The number of para-hydroxylation sites is 1. The Balaban J connectivity index is 1.85. The minimum Gasteiger partial charge on any atom is -0.483 e. The zero-order chi connectivity index (χ0) is 17.5. The second-order valence-electron chi connectivity index (χ2n) is 4.74. The fraction of sp³-hybridized carbons (Fsp3) is 0.188. The standard InChI is InChI=1S/C16H16BrN3O4/c1-10-5-3-4-6-12(10)24-9-14(21)20-16(22)19-13-8-7-11(17)15(18-13)23-2/h3-8H,9H2,1-2H3,(H2,18,19,20,21,22). The van der Waals surface area contributed by atoms with E-state index >= 15 is 0 Å². The Bertz CT molecular complexity index is 752. The Hall–Kier alpha value is -2.61. The summed E-state index contributed by atoms with van der Waals surface area (Å²) in [5, 5.41) is 4.61. The van der Waals surface area contributed by atoms with E-state index in [4.69, 9.17) is 9.47 Å². The third kappa shape index (κ3) is 4.95. The van der Waals surface area contributed by atoms with Gasteiger partial charge in [0.2, 0.25) is 5.88 Å². The first kappa shape index (κ1) is 17.7. The number of nitrogens with zero attached hydrogens (tertiary/aromatic N) is 1. The number of halogens is 1. The van der Waals surface area contributed by atoms with Crippen LogP contribution in [0.2, 0.25) is 0 Å². The van der Waals surface area contributed by atoms with Crippen molar-refractivity contribution in [1.82, 2.24) is 10.3 Å². The number of aromatic nitrogens is 1. The highest BCUT2D eigenvalue weighted by Gasteiger charge is 2.11. The molecule has 0 aliphatic rings. The number of rotatable bonds is 5. The molecule has 0 aliphatic carbocycles. The van der Waals surface area contributed by atoms with Gasteiger partial charge in [-0.25, -0.2) is 4.79 Å². The highest BCUT2D eigenvalue weighted by molar-refractivity contribution is 9.10. The second-order valence-corrected chi connectivity index (χ2v) is 5.60. The number of anilines is 1. The molecule has 3 amide bonds. The summed E-state index contributed by atoms with van der Waals surface area (Å²) in [5.74, 6) is 0.592. The number of hydrogen-bond donors (Lipinski definition) is 2. The molecular weight excluding hydrogens is 378 g/mol. The van der Waals surface area contributed by atoms with Crippen molar-refractivity contribution in [2.24, 2.45) is 0 Å². The molecule has 8 heteroatoms. The van der Waals surface area contributed by atoms with Crippen LogP contribution in [-0.4, -0.2) is 30.6 Å². The molecular formula is C16H16BrN3O4. The molecule has 2 N–H and O–H groups in total. The van der Waals surface area contributed by atoms with E-state index in [0.717, 1.165) is 5.56 Å². The molecule has 1 aromatic heterocycles. The van der Waals surface area contributed by atoms with E-state index < -0.39 is 11.9 Å². The van der Waals surface area contributed by atoms with Crippen molar-refractivity contribution in [3.05, 3.63) is 46.4 Å². The van der Waals surface area contributed by atoms with Crippen LogP contribution in [0, 0.1) is 6.92 Å². The normalized spacial score (nSPS) is 9.96. The van der Waals surface area contributed by atoms with E-state index in [9.17, 15) is 9.59 Å². The Labute approximate surface area is 147 Å². The number of urea groups is 1. The zero-order valence-corrected chi connectivity index (χ0v) is 14.7. The molecule has 0 aliphatic heterocycles. The third-order valence-corrected chi connectivity index (χ3v) is 3.56. The lowest BCUT2D eigenvalue weighted by molar-refractivity contribution is -0.121. The molecule has 1 heterocycles. The number of carbonyl (C=O) groups is 2. The smallest absolute Gasteiger partial charge is 0.327 e. The van der Waals surface area contributed by atoms with Crippen molar-refractivity contribution in [2.45, 2.75) is 6.92 Å². The van der Waals surface area contributed by atoms with Crippen LogP contribution in [-0.2, 0) is 4.79 Å². The van der Waals surface area contributed by atoms with E-state index in [0.29, 0.717) is 16.1 Å². The zero-order valence-electron chi connectivity index (χ0n) is 13.1. The maximum Gasteiger partial charge on any atom is 0.327 e. The Morgan fingerprint density at radius 1 is 1.21 bits per heavy atom. The molecule has 7 nitrogen and oxygen atoms in total. The number of nitrogens with one attached hydrogen (secondary N) is 2. The van der Waals surface area contributed by atoms with E-state index in [-0.39, 0.29) is 12.4 Å². The van der Waals surface area contributed by atoms with Gasteiger partial charge < -0.3 is 9.47 Å². The third-order valence-electron chi connectivity index (χ3n) is 2.95. The van der Waals surface area contributed by atoms with Gasteiger partial charge in [-0.15, -0.1) is 0 Å². The number of ether oxygens (including phenoxy) is 2. The van der Waals surface area contributed by atoms with Crippen molar-refractivity contribution in [3.8, 4) is 11.6 Å². The summed E-state index contributed by atoms with van der Waals surface area (Å²) >= 11 is 3.26. The minimum atomic E-state index is -0.703. The lowest BCUT2D eigenvalue weighted by Gasteiger charge is -2.10. The number of imide groups is 1. The van der Waals surface area contributed by atoms with Crippen LogP contribution in [0.4, 0.5) is 10.6 Å². The van der Waals surface area contributed by atoms with Crippen LogP contribution in [0.1, 0.15) is 5.56 Å². The first-order chi connectivity index (χ1) is 11.5. The molecule has 0 atom stereocenters. The molecule has 24 heavy (non-hydrogen) atoms. The monoisotopic (exact) mass is 393 g/mol. The van der Waals surface area contributed by atoms with E-state index in [1.807, 2.05) is 19.1 Å². The van der Waals surface area contributed by atoms with Crippen LogP contribution < -0.4 is 20.1 Å². The van der Waals surface area contributed by atoms with Crippen LogP contribution in [0.5, 0.6) is 11.6 Å². The highest BCUT2D eigenvalue weighted by atomic mass is 79.9. The average Bonchev–Trinajstić information content (AvgIpc) is 2.55. The quantitative estimate of drug-likeness (QED) is 0.814. The van der Waals surface area contributed by atoms with Crippen LogP contribution >= 0.6 is 15.9 Å². The van der Waals surface area contributed by atoms with Gasteiger partial charge in [-0.2, -0.15) is 4.98 Å². The van der Waals surface area contributed by atoms with Gasteiger partial charge in [-0.3, -0.25) is 15.4 Å². The highest BCUT2D eigenvalue weighted by Crippen LogP contribution is 2.23. The summed E-state index contributed by atoms with van der Waals surface area (Å²) < 4.78 is 11.0. The maximum atomic E-state index is 11.8. The summed E-state index contributed by atoms with van der Waals surface area (Å²) in [6, 6.07) is 9.83. The van der Waals surface area contributed by atoms with Crippen molar-refractivity contribution >= 4 is 33.7 Å². The topological polar surface area (TPSA) is 89.5 Å². The molecule has 1 aromatic carbocycles. The number of amides is 3. The van der Waals surface area contributed by atoms with Gasteiger partial charge in [0.1, 0.15) is 11.6 Å². The predicted octanol–water partition coefficient (Wildman–Crippen LogP) is 2.89. The van der Waals surface area contributed by atoms with Crippen molar-refractivity contribution in [2.75, 3.05) is 19.0 Å². The first-order valence-electron chi connectivity index (χ1n) is 6.99. The summed E-state index contributed by atoms with van der Waals surface area (Å²) in [5.41, 5.74) is 0.904. The van der Waals surface area contributed by atoms with E-state index in [2.05, 4.69) is 31.5 Å². The predicted molar refractivity (Wildman–Crippen MR) is 92.3 cm³/mol. The van der Waals surface area contributed by atoms with E-state index in [1.165, 1.54) is 7.11 Å². The molecule has 0 saturated heterocycles. The molecule has 126 valence electrons. The lowest BCUT2D eigenvalue weighted by Crippen LogP contribution is -2.37. The second kappa shape index (κ2) is 8.30. The lowest BCUT2D eigenvalue weighted by atomic mass is 10.2. The molecule has 0 spiro atoms. The van der Waals surface area contributed by atoms with E-state index in [1.54, 1.807) is 24.3 Å². The van der Waals surface area contributed by atoms with Gasteiger partial charge in [0.15, 0.2) is 6.61 Å². The molecule has 2 aromatic rings. The first-order valence-corrected chi connectivity index (χ1v) is 7.78. The average molecular weight is 394 g/mol. The summed E-state index contributed by atoms with van der Waals surface area (Å²) in [6.07, 6.45) is 0. The number of hydrogen-bond acceptors (Lipinski definition) is 5. The van der Waals surface area contributed by atoms with Crippen molar-refractivity contribution < 1.29 is 19.1 Å². The summed E-state index contributed by atoms with van der Waals surface area (Å²) in [7, 11) is 1.46. The number of aryl methyl sites for hydroxylation is 1. The van der Waals surface area contributed by atoms with Crippen molar-refractivity contribution in [1.29, 1.82) is 0 Å². The van der Waals surface area contributed by atoms with Gasteiger partial charge in [0.25, 0.3) is 5.91 Å². The fourth-order valence-electron chi connectivity index (χ4n) is 1.81. The maximum absolute atomic E-state index is 11.8. The minimum absolute atomic E-state index is 0.250. The molecule has 2 rings (SSSR count). The Morgan fingerprint density at radius 2 is 1.96 bits per heavy atom. The molecule has 0 bridgehead atoms. The largest absolute Gasteiger partial charge is 0.483 e. The molecule has 0 radical (unpaired) electrons. The Kier molecular flexibility index (Phi) is 6.14. The van der Waals surface area contributed by atoms with Crippen LogP contribution in [0.15, 0.2) is 40.9 Å². The van der Waals surface area contributed by atoms with Gasteiger partial charge in [-0.1, -0.05) is 18.2 Å². The van der Waals surface area contributed by atoms with Crippen LogP contribution in [0.3, 0.4) is 0 Å². The van der Waals surface area contributed by atoms with Gasteiger partial charge in [0.05, 0.1) is 11.6 Å². The fourth-order valence-corrected chi connectivity index (χ4v) is 2.19. The molecule has 0 fully saturated rings. The summed E-state index contributed by atoms with van der Waals surface area (Å²) in [4.78, 5) is 27.6. The number of methoxy groups -OCH3 is 1.